The first kappa shape index (κ1) is 51.5. The standard InChI is InChI=1S/C33H54N12O15/c1-15(39-29(55)18-6-8-24(50)40-18)27(53)42-16(4-2-3-9-34)30(56)45-21(14-47)32(58)43-17(5-7-22(35)48)28(54)38-11-25(51)37-12-26(52)41-20(13-46)31(57)44-19(33(59)60)10-23(36)49/h15-21,46-47H,2-14,34H2,1H3,(H2,35,48)(H2,36,49)(H,37,51)(H,38,54)(H,39,55)(H,40,50)(H,41,52)(H,42,53)(H,43,58)(H,44,57)(H,45,56)(H,59,60)/t15-,16-,17-,18-,19-,20-,21?/m0/s1. The van der Waals surface area contributed by atoms with Crippen LogP contribution in [0.15, 0.2) is 0 Å². The van der Waals surface area contributed by atoms with Gasteiger partial charge in [-0.25, -0.2) is 4.79 Å². The largest absolute Gasteiger partial charge is 0.480 e. The number of primary amides is 2. The maximum Gasteiger partial charge on any atom is 0.326 e. The molecule has 1 rings (SSSR count). The molecule has 0 spiro atoms. The van der Waals surface area contributed by atoms with E-state index in [1.54, 1.807) is 0 Å². The molecular weight excluding hydrogens is 804 g/mol. The van der Waals surface area contributed by atoms with Crippen molar-refractivity contribution >= 4 is 70.9 Å². The lowest BCUT2D eigenvalue weighted by Gasteiger charge is -2.25. The molecule has 11 amide bonds. The summed E-state index contributed by atoms with van der Waals surface area (Å²) >= 11 is 0. The monoisotopic (exact) mass is 858 g/mol. The van der Waals surface area contributed by atoms with Gasteiger partial charge in [0.2, 0.25) is 65.0 Å². The van der Waals surface area contributed by atoms with Crippen molar-refractivity contribution in [1.29, 1.82) is 0 Å². The maximum absolute atomic E-state index is 13.3. The van der Waals surface area contributed by atoms with Gasteiger partial charge in [-0.15, -0.1) is 0 Å². The Kier molecular flexibility index (Phi) is 22.8. The van der Waals surface area contributed by atoms with Gasteiger partial charge in [0.25, 0.3) is 0 Å². The zero-order chi connectivity index (χ0) is 45.5. The number of carboxylic acids is 1. The Balaban J connectivity index is 2.86. The molecule has 1 unspecified atom stereocenters. The fourth-order valence-electron chi connectivity index (χ4n) is 5.19. The van der Waals surface area contributed by atoms with Gasteiger partial charge in [-0.1, -0.05) is 0 Å². The van der Waals surface area contributed by atoms with E-state index in [0.29, 0.717) is 12.8 Å². The van der Waals surface area contributed by atoms with Crippen LogP contribution in [-0.4, -0.2) is 161 Å². The van der Waals surface area contributed by atoms with E-state index in [4.69, 9.17) is 22.3 Å². The summed E-state index contributed by atoms with van der Waals surface area (Å²) in [4.78, 5) is 147. The lowest BCUT2D eigenvalue weighted by Crippen LogP contribution is -2.59. The summed E-state index contributed by atoms with van der Waals surface area (Å²) in [7, 11) is 0. The average Bonchev–Trinajstić information content (AvgIpc) is 3.63. The number of aliphatic carboxylic acids is 1. The van der Waals surface area contributed by atoms with Gasteiger partial charge >= 0.3 is 5.97 Å². The molecule has 0 radical (unpaired) electrons. The number of nitrogens with two attached hydrogens (primary N) is 3. The summed E-state index contributed by atoms with van der Waals surface area (Å²) in [6, 6.07) is -10.0. The fraction of sp³-hybridized carbons (Fsp3) is 0.636. The molecule has 27 heteroatoms. The minimum absolute atomic E-state index is 0.0181. The van der Waals surface area contributed by atoms with E-state index in [0.717, 1.165) is 0 Å². The highest BCUT2D eigenvalue weighted by Gasteiger charge is 2.33. The third-order valence-electron chi connectivity index (χ3n) is 8.50. The van der Waals surface area contributed by atoms with Crippen molar-refractivity contribution in [2.45, 2.75) is 101 Å². The number of carbonyl (C=O) groups excluding carboxylic acids is 11. The first-order chi connectivity index (χ1) is 28.2. The predicted octanol–water partition coefficient (Wildman–Crippen LogP) is -9.23. The Morgan fingerprint density at radius 2 is 1.20 bits per heavy atom. The van der Waals surface area contributed by atoms with Crippen molar-refractivity contribution in [3.63, 3.8) is 0 Å². The predicted molar refractivity (Wildman–Crippen MR) is 201 cm³/mol. The van der Waals surface area contributed by atoms with Crippen LogP contribution >= 0.6 is 0 Å². The van der Waals surface area contributed by atoms with Crippen LogP contribution in [0.2, 0.25) is 0 Å². The molecule has 0 bridgehead atoms. The summed E-state index contributed by atoms with van der Waals surface area (Å²) < 4.78 is 0. The number of aliphatic hydroxyl groups excluding tert-OH is 2. The van der Waals surface area contributed by atoms with E-state index >= 15 is 0 Å². The second-order valence-corrected chi connectivity index (χ2v) is 13.4. The number of nitrogens with one attached hydrogen (secondary N) is 9. The Bertz CT molecular complexity index is 1610. The molecule has 0 aliphatic carbocycles. The molecule has 1 heterocycles. The number of unbranched alkanes of at least 4 members (excludes halogenated alkanes) is 1. The third-order valence-corrected chi connectivity index (χ3v) is 8.50. The molecule has 7 atom stereocenters. The number of aliphatic hydroxyl groups is 2. The second-order valence-electron chi connectivity index (χ2n) is 13.4. The lowest BCUT2D eigenvalue weighted by atomic mass is 10.1. The van der Waals surface area contributed by atoms with Gasteiger partial charge in [0.15, 0.2) is 0 Å². The second kappa shape index (κ2) is 26.5. The quantitative estimate of drug-likeness (QED) is 0.0325. The number of hydrogen-bond acceptors (Lipinski definition) is 15. The minimum atomic E-state index is -1.76. The van der Waals surface area contributed by atoms with E-state index in [9.17, 15) is 67.7 Å². The zero-order valence-electron chi connectivity index (χ0n) is 32.7. The third kappa shape index (κ3) is 19.3. The Hall–Kier alpha value is -6.48. The van der Waals surface area contributed by atoms with E-state index in [-0.39, 0.29) is 31.7 Å². The van der Waals surface area contributed by atoms with Gasteiger partial charge in [0, 0.05) is 12.8 Å². The van der Waals surface area contributed by atoms with Crippen LogP contribution in [0.5, 0.6) is 0 Å². The van der Waals surface area contributed by atoms with Gasteiger partial charge in [-0.05, 0) is 45.6 Å². The number of rotatable bonds is 28. The van der Waals surface area contributed by atoms with E-state index in [1.165, 1.54) is 6.92 Å². The van der Waals surface area contributed by atoms with Gasteiger partial charge in [0.05, 0.1) is 32.7 Å². The van der Waals surface area contributed by atoms with E-state index < -0.39 is 153 Å². The minimum Gasteiger partial charge on any atom is -0.480 e. The Morgan fingerprint density at radius 1 is 0.667 bits per heavy atom. The number of carboxylic acid groups (broad SMARTS) is 1. The van der Waals surface area contributed by atoms with E-state index in [2.05, 4.69) is 37.2 Å². The Morgan fingerprint density at radius 3 is 1.73 bits per heavy atom. The van der Waals surface area contributed by atoms with Crippen LogP contribution in [-0.2, 0) is 57.5 Å². The smallest absolute Gasteiger partial charge is 0.326 e. The highest BCUT2D eigenvalue weighted by Crippen LogP contribution is 2.08. The van der Waals surface area contributed by atoms with Crippen LogP contribution in [0.4, 0.5) is 0 Å². The van der Waals surface area contributed by atoms with Crippen molar-refractivity contribution in [3.8, 4) is 0 Å². The van der Waals surface area contributed by atoms with Crippen molar-refractivity contribution in [2.24, 2.45) is 17.2 Å². The summed E-state index contributed by atoms with van der Waals surface area (Å²) in [5, 5.41) is 48.7. The van der Waals surface area contributed by atoms with Crippen molar-refractivity contribution in [2.75, 3.05) is 32.8 Å². The van der Waals surface area contributed by atoms with Crippen LogP contribution in [0.3, 0.4) is 0 Å². The summed E-state index contributed by atoms with van der Waals surface area (Å²) in [5.74, 6) is -11.6. The fourth-order valence-corrected chi connectivity index (χ4v) is 5.19. The summed E-state index contributed by atoms with van der Waals surface area (Å²) in [6.45, 7) is -2.06. The van der Waals surface area contributed by atoms with Gasteiger partial charge in [0.1, 0.15) is 42.3 Å². The molecule has 0 aromatic rings. The Labute approximate surface area is 342 Å². The van der Waals surface area contributed by atoms with E-state index in [1.807, 2.05) is 10.6 Å². The van der Waals surface area contributed by atoms with Crippen LogP contribution < -0.4 is 65.1 Å². The molecule has 336 valence electrons. The van der Waals surface area contributed by atoms with Crippen LogP contribution in [0.25, 0.3) is 0 Å². The summed E-state index contributed by atoms with van der Waals surface area (Å²) in [6.07, 6.45) is -0.481. The zero-order valence-corrected chi connectivity index (χ0v) is 32.7. The molecule has 60 heavy (non-hydrogen) atoms. The number of amides is 11. The molecule has 0 aromatic carbocycles. The van der Waals surface area contributed by atoms with Crippen molar-refractivity contribution in [1.82, 2.24) is 47.9 Å². The van der Waals surface area contributed by atoms with Crippen LogP contribution in [0, 0.1) is 0 Å². The molecule has 27 nitrogen and oxygen atoms in total. The van der Waals surface area contributed by atoms with Gasteiger partial charge < -0.3 is 80.4 Å². The molecule has 0 saturated carbocycles. The summed E-state index contributed by atoms with van der Waals surface area (Å²) in [5.41, 5.74) is 15.7. The van der Waals surface area contributed by atoms with Gasteiger partial charge in [-0.3, -0.25) is 52.7 Å². The first-order valence-corrected chi connectivity index (χ1v) is 18.6. The average molecular weight is 859 g/mol. The first-order valence-electron chi connectivity index (χ1n) is 18.6. The molecule has 1 saturated heterocycles. The maximum atomic E-state index is 13.3. The normalized spacial score (nSPS) is 16.1. The highest BCUT2D eigenvalue weighted by atomic mass is 16.4. The van der Waals surface area contributed by atoms with Gasteiger partial charge in [-0.2, -0.15) is 0 Å². The number of hydrogen-bond donors (Lipinski definition) is 15. The molecule has 18 N–H and O–H groups in total. The molecule has 1 aliphatic rings. The van der Waals surface area contributed by atoms with Crippen molar-refractivity contribution in [3.05, 3.63) is 0 Å². The molecular formula is C33H54N12O15. The van der Waals surface area contributed by atoms with Crippen molar-refractivity contribution < 1.29 is 72.9 Å². The molecule has 0 aromatic heterocycles. The highest BCUT2D eigenvalue weighted by molar-refractivity contribution is 5.98. The SMILES string of the molecule is C[C@H](NC(=O)[C@@H]1CCC(=O)N1)C(=O)N[C@@H](CCCCN)C(=O)NC(CO)C(=O)N[C@@H](CCC(N)=O)C(=O)NCC(=O)NCC(=O)N[C@@H](CO)C(=O)N[C@@H](CC(N)=O)C(=O)O. The number of carbonyl (C=O) groups is 12. The molecule has 1 fully saturated rings. The van der Waals surface area contributed by atoms with Crippen LogP contribution in [0.1, 0.15) is 58.3 Å². The lowest BCUT2D eigenvalue weighted by molar-refractivity contribution is -0.144. The molecule has 1 aliphatic heterocycles. The topological polar surface area (TPSA) is 452 Å².